The van der Waals surface area contributed by atoms with Crippen LogP contribution in [0, 0.1) is 5.92 Å². The van der Waals surface area contributed by atoms with E-state index in [2.05, 4.69) is 67.8 Å². The van der Waals surface area contributed by atoms with Gasteiger partial charge < -0.3 is 125 Å². The van der Waals surface area contributed by atoms with Crippen molar-refractivity contribution in [2.75, 3.05) is 52.3 Å². The van der Waals surface area contributed by atoms with Crippen LogP contribution in [0.2, 0.25) is 0 Å². The number of aliphatic hydroxyl groups is 1. The number of rotatable bonds is 28. The van der Waals surface area contributed by atoms with Crippen LogP contribution in [0.3, 0.4) is 0 Å². The Hall–Kier alpha value is -14.3. The summed E-state index contributed by atoms with van der Waals surface area (Å²) in [5.74, 6) is -23.9. The molecule has 0 saturated carbocycles. The van der Waals surface area contributed by atoms with E-state index in [1.807, 2.05) is 0 Å². The molecule has 0 bridgehead atoms. The van der Waals surface area contributed by atoms with Gasteiger partial charge in [0.15, 0.2) is 5.78 Å². The van der Waals surface area contributed by atoms with Crippen LogP contribution in [0.25, 0.3) is 21.8 Å². The number of phenols is 1. The van der Waals surface area contributed by atoms with Gasteiger partial charge in [0, 0.05) is 143 Å². The number of para-hydroxylation sites is 2. The highest BCUT2D eigenvalue weighted by Gasteiger charge is 2.47. The Balaban J connectivity index is 1.12. The number of carboxylic acids is 2. The Morgan fingerprint density at radius 3 is 1.64 bits per heavy atom. The van der Waals surface area contributed by atoms with Gasteiger partial charge in [-0.15, -0.1) is 11.8 Å². The summed E-state index contributed by atoms with van der Waals surface area (Å²) >= 11 is 0.689. The fourth-order valence-corrected chi connectivity index (χ4v) is 17.9. The maximum Gasteiger partial charge on any atom is 0.303 e. The second-order valence-electron chi connectivity index (χ2n) is 34.9. The van der Waals surface area contributed by atoms with E-state index in [0.717, 1.165) is 24.5 Å². The van der Waals surface area contributed by atoms with Gasteiger partial charge in [0.05, 0.1) is 37.2 Å². The number of aromatic nitrogens is 4. The van der Waals surface area contributed by atoms with Gasteiger partial charge >= 0.3 is 11.9 Å². The summed E-state index contributed by atoms with van der Waals surface area (Å²) in [6.07, 6.45) is -1.91. The summed E-state index contributed by atoms with van der Waals surface area (Å²) in [5, 5.41) is 66.3. The topological polar surface area (TPSA) is 685 Å². The molecule has 0 unspecified atom stereocenters. The normalized spacial score (nSPS) is 24.5. The highest BCUT2D eigenvalue weighted by Crippen LogP contribution is 2.30. The fraction of sp³-hybridized carbons (Fsp3) is 0.511. The van der Waals surface area contributed by atoms with E-state index in [4.69, 9.17) is 17.2 Å². The summed E-state index contributed by atoms with van der Waals surface area (Å²) in [6.45, 7) is 3.29. The van der Waals surface area contributed by atoms with Crippen LogP contribution in [0.15, 0.2) is 97.7 Å². The molecule has 0 spiro atoms. The number of likely N-dealkylation sites (N-methyl/N-ethyl adjacent to an activating group) is 3. The molecule has 45 nitrogen and oxygen atoms in total. The maximum atomic E-state index is 15.9. The molecule has 0 radical (unpaired) electrons. The minimum absolute atomic E-state index is 0.0808. The fourth-order valence-electron chi connectivity index (χ4n) is 17.0. The third-order valence-corrected chi connectivity index (χ3v) is 25.8. The number of fused-ring (bicyclic) bond motifs is 4. The number of nitrogens with one attached hydrogen (secondary N) is 12. The molecule has 3 fully saturated rings. The summed E-state index contributed by atoms with van der Waals surface area (Å²) in [7, 11) is 3.73. The number of unbranched alkanes of at least 4 members (excludes halogenated alkanes) is 2. The number of carboxylic acid groups (broad SMARTS) is 2. The number of aromatic hydroxyl groups is 1. The largest absolute Gasteiger partial charge is 0.508 e. The lowest BCUT2D eigenvalue weighted by Crippen LogP contribution is -2.60. The molecular formula is C92H123N21O24S. The van der Waals surface area contributed by atoms with Crippen molar-refractivity contribution in [1.82, 2.24) is 92.3 Å². The molecule has 9 rings (SSSR count). The van der Waals surface area contributed by atoms with Gasteiger partial charge in [0.2, 0.25) is 100 Å². The number of ketones is 1. The molecule has 138 heavy (non-hydrogen) atoms. The van der Waals surface area contributed by atoms with Gasteiger partial charge in [-0.2, -0.15) is 0 Å². The zero-order chi connectivity index (χ0) is 101. The second kappa shape index (κ2) is 51.0. The molecule has 22 N–H and O–H groups in total. The Morgan fingerprint density at radius 2 is 1.05 bits per heavy atom. The molecule has 3 aromatic heterocycles. The van der Waals surface area contributed by atoms with Crippen molar-refractivity contribution in [3.8, 4) is 5.75 Å². The average molecular weight is 1940 g/mol. The number of benzene rings is 3. The molecule has 746 valence electrons. The van der Waals surface area contributed by atoms with Crippen LogP contribution < -0.4 is 65.1 Å². The smallest absolute Gasteiger partial charge is 0.303 e. The van der Waals surface area contributed by atoms with Crippen LogP contribution >= 0.6 is 11.8 Å². The zero-order valence-corrected chi connectivity index (χ0v) is 78.4. The number of hydrogen-bond donors (Lipinski definition) is 19. The monoisotopic (exact) mass is 1940 g/mol. The number of primary amides is 3. The van der Waals surface area contributed by atoms with Crippen molar-refractivity contribution in [3.63, 3.8) is 0 Å². The molecule has 6 aromatic rings. The van der Waals surface area contributed by atoms with E-state index in [1.165, 1.54) is 64.9 Å². The van der Waals surface area contributed by atoms with E-state index >= 15 is 38.4 Å². The number of carbonyl (C=O) groups excluding carboxylic acids is 18. The number of imidazole rings is 1. The number of thioether (sulfide) groups is 1. The summed E-state index contributed by atoms with van der Waals surface area (Å²) < 4.78 is 0. The lowest BCUT2D eigenvalue weighted by Gasteiger charge is -2.36. The molecule has 3 aliphatic rings. The third kappa shape index (κ3) is 30.1. The van der Waals surface area contributed by atoms with E-state index < -0.39 is 298 Å². The number of carbonyl (C=O) groups is 20. The number of phenolic OH excluding ortho intramolecular Hbond substituents is 1. The molecule has 6 heterocycles. The Morgan fingerprint density at radius 1 is 0.514 bits per heavy atom. The molecular weight excluding hydrogens is 1820 g/mol. The first kappa shape index (κ1) is 107. The Bertz CT molecular complexity index is 5420. The zero-order valence-electron chi connectivity index (χ0n) is 77.6. The van der Waals surface area contributed by atoms with Crippen LogP contribution in [-0.2, 0) is 122 Å². The number of aliphatic hydroxyl groups excluding tert-OH is 1. The molecule has 17 amide bonds. The maximum absolute atomic E-state index is 15.9. The lowest BCUT2D eigenvalue weighted by molar-refractivity contribution is -0.149. The molecule has 15 atom stereocenters. The van der Waals surface area contributed by atoms with Crippen molar-refractivity contribution >= 4 is 152 Å². The number of aliphatic carboxylic acids is 2. The second-order valence-corrected chi connectivity index (χ2v) is 35.9. The predicted octanol–water partition coefficient (Wildman–Crippen LogP) is -2.14. The lowest BCUT2D eigenvalue weighted by atomic mass is 9.90. The standard InChI is InChI=1S/C92H123N21O24S/c1-7-9-20-69-86(131)103-62(29-32-79(123)124)84(129)108-68(82(127)99-44-76(95)119)46-138-47-77(120)101-65(34-50-23-25-55(114)26-24-50)88(133)109(4)49(3)80(125)106-67(40-75(94)118)91(136)112-33-15-22-70(112)87(132)105-64(38-54-43-96-48-100-54)85(130)104-63(27-30-74(93)117)90(135)113-45-56(115)39-72(113)73(116)37-51(35-52-41-97-59-18-13-11-16-57(52)59)81(126)102-61(28-31-78(121)122)83(128)107-66(36-53-42-98-60-19-14-12-17-58(53)60)89(134)111(6)71(21-10-8-2)92(137)110(69)5/h11-14,16-19,23-26,41-43,48-49,51,56,61-72,97-98,114-115H,7-10,15,20-22,27-40,44-47H2,1-6H3,(H2,93,117)(H2,94,118)(H2,95,119)(H,96,100)(H,99,127)(H,101,120)(H,102,126)(H,103,131)(H,104,130)(H,105,132)(H,106,125)(H,107,128)(H,108,129)(H,121,122)(H,123,124)/t49-,51+,56+,61-,62-,63-,64-,65-,66-,67-,68-,69-,70-,71-,72-/m0/s1. The molecule has 0 aliphatic carbocycles. The minimum Gasteiger partial charge on any atom is -0.508 e. The predicted molar refractivity (Wildman–Crippen MR) is 497 cm³/mol. The number of hydrogen-bond acceptors (Lipinski definition) is 24. The van der Waals surface area contributed by atoms with Crippen LogP contribution in [0.1, 0.15) is 152 Å². The number of nitrogens with two attached hydrogens (primary N) is 3. The Kier molecular flexibility index (Phi) is 39.7. The van der Waals surface area contributed by atoms with Crippen LogP contribution in [-0.4, -0.2) is 320 Å². The van der Waals surface area contributed by atoms with Gasteiger partial charge in [-0.25, -0.2) is 4.98 Å². The number of nitrogens with zero attached hydrogens (tertiary/aromatic N) is 6. The van der Waals surface area contributed by atoms with Gasteiger partial charge in [0.25, 0.3) is 0 Å². The van der Waals surface area contributed by atoms with Crippen LogP contribution in [0.5, 0.6) is 5.75 Å². The quantitative estimate of drug-likeness (QED) is 0.0249. The first-order valence-corrected chi connectivity index (χ1v) is 46.8. The number of H-pyrrole nitrogens is 3. The number of amides is 17. The average Bonchev–Trinajstić information content (AvgIpc) is 1.61. The summed E-state index contributed by atoms with van der Waals surface area (Å²) in [5.41, 5.74) is 19.5. The van der Waals surface area contributed by atoms with Crippen molar-refractivity contribution in [2.24, 2.45) is 23.1 Å². The van der Waals surface area contributed by atoms with Crippen molar-refractivity contribution < 1.29 is 116 Å². The molecule has 3 saturated heterocycles. The molecule has 3 aliphatic heterocycles. The summed E-state index contributed by atoms with van der Waals surface area (Å²) in [4.78, 5) is 307. The van der Waals surface area contributed by atoms with Gasteiger partial charge in [-0.3, -0.25) is 95.9 Å². The van der Waals surface area contributed by atoms with Gasteiger partial charge in [0.1, 0.15) is 78.3 Å². The summed E-state index contributed by atoms with van der Waals surface area (Å²) in [6, 6.07) is -2.26. The van der Waals surface area contributed by atoms with Crippen molar-refractivity contribution in [2.45, 2.75) is 240 Å². The number of Topliss-reactive ketones (excluding diaryl/α,β-unsaturated/α-hetero) is 1. The minimum atomic E-state index is -1.84. The number of aromatic amines is 3. The van der Waals surface area contributed by atoms with Gasteiger partial charge in [-0.05, 0) is 99.2 Å². The highest BCUT2D eigenvalue weighted by atomic mass is 32.2. The highest BCUT2D eigenvalue weighted by molar-refractivity contribution is 8.00. The van der Waals surface area contributed by atoms with Crippen LogP contribution in [0.4, 0.5) is 0 Å². The molecule has 46 heteroatoms. The van der Waals surface area contributed by atoms with E-state index in [0.29, 0.717) is 63.1 Å². The van der Waals surface area contributed by atoms with E-state index in [9.17, 15) is 78.0 Å². The molecule has 3 aromatic carbocycles. The van der Waals surface area contributed by atoms with Gasteiger partial charge in [-0.1, -0.05) is 88.1 Å². The first-order valence-electron chi connectivity index (χ1n) is 45.7. The van der Waals surface area contributed by atoms with Crippen molar-refractivity contribution in [1.29, 1.82) is 0 Å². The van der Waals surface area contributed by atoms with Crippen molar-refractivity contribution in [3.05, 3.63) is 120 Å². The Labute approximate surface area is 798 Å². The van der Waals surface area contributed by atoms with E-state index in [1.54, 1.807) is 74.8 Å². The third-order valence-electron chi connectivity index (χ3n) is 24.7. The first-order chi connectivity index (χ1) is 65.6. The SMILES string of the molecule is CCCC[C@H]1C(=O)N(C)[C@@H](CCCC)C(=O)N[C@@H](CCC(=O)O)C(=O)N[C@H](C(=O)NCC(N)=O)CSCC(=O)N[C@@H](Cc2ccc(O)cc2)C(=O)N(C)[C@@H](C)C(=O)N[C@@H](CC(N)=O)C(=O)N2CCC[C@H]2C(=O)N[C@@H](Cc2cnc[nH]2)C(=O)N[C@@H](CCC(N)=O)C(=O)N2C[C@H](O)C[C@H]2C(=O)C[C@@H](Cc2c[nH]c3ccccc23)C(=O)N[C@@H](CCC(=O)O)C(=O)N[C@@H](Cc2c[nH]c3ccccc23)C(=O)N1C. The van der Waals surface area contributed by atoms with E-state index in [-0.39, 0.29) is 75.8 Å².